The molecule has 0 saturated carbocycles. The first-order valence-corrected chi connectivity index (χ1v) is 12.2. The van der Waals surface area contributed by atoms with Gasteiger partial charge >= 0.3 is 0 Å². The Morgan fingerprint density at radius 1 is 1.03 bits per heavy atom. The van der Waals surface area contributed by atoms with Gasteiger partial charge in [-0.05, 0) is 48.2 Å². The van der Waals surface area contributed by atoms with Crippen LogP contribution in [0.15, 0.2) is 53.0 Å². The summed E-state index contributed by atoms with van der Waals surface area (Å²) in [5.41, 5.74) is 2.09. The van der Waals surface area contributed by atoms with E-state index >= 15 is 0 Å². The number of carbonyl (C=O) groups excluding carboxylic acids is 2. The second kappa shape index (κ2) is 12.4. The molecule has 1 atom stereocenters. The molecule has 0 aliphatic heterocycles. The van der Waals surface area contributed by atoms with E-state index in [1.807, 2.05) is 62.4 Å². The maximum atomic E-state index is 13.0. The van der Waals surface area contributed by atoms with Gasteiger partial charge in [-0.3, -0.25) is 9.59 Å². The van der Waals surface area contributed by atoms with Crippen LogP contribution < -0.4 is 5.32 Å². The molecule has 0 aliphatic carbocycles. The molecule has 30 heavy (non-hydrogen) atoms. The minimum Gasteiger partial charge on any atom is -0.354 e. The van der Waals surface area contributed by atoms with Crippen LogP contribution in [0.5, 0.6) is 0 Å². The molecule has 0 saturated heterocycles. The zero-order chi connectivity index (χ0) is 22.1. The molecule has 0 aliphatic rings. The highest BCUT2D eigenvalue weighted by atomic mass is 79.9. The van der Waals surface area contributed by atoms with Crippen LogP contribution in [0, 0.1) is 5.92 Å². The van der Waals surface area contributed by atoms with Crippen molar-refractivity contribution in [1.29, 1.82) is 0 Å². The minimum atomic E-state index is -0.545. The van der Waals surface area contributed by atoms with Gasteiger partial charge in [0.15, 0.2) is 0 Å². The first-order valence-electron chi connectivity index (χ1n) is 9.90. The third kappa shape index (κ3) is 8.32. The van der Waals surface area contributed by atoms with E-state index in [4.69, 9.17) is 11.6 Å². The zero-order valence-corrected chi connectivity index (χ0v) is 20.7. The van der Waals surface area contributed by atoms with Gasteiger partial charge in [0.2, 0.25) is 11.8 Å². The lowest BCUT2D eigenvalue weighted by molar-refractivity contribution is -0.138. The maximum Gasteiger partial charge on any atom is 0.242 e. The summed E-state index contributed by atoms with van der Waals surface area (Å²) in [6, 6.07) is 14.9. The molecule has 2 aromatic carbocycles. The molecule has 2 amide bonds. The minimum absolute atomic E-state index is 0.0518. The third-order valence-corrected chi connectivity index (χ3v) is 6.29. The van der Waals surface area contributed by atoms with Crippen LogP contribution in [0.25, 0.3) is 0 Å². The van der Waals surface area contributed by atoms with Gasteiger partial charge in [0.25, 0.3) is 0 Å². The van der Waals surface area contributed by atoms with Gasteiger partial charge in [-0.2, -0.15) is 0 Å². The van der Waals surface area contributed by atoms with Crippen LogP contribution in [0.4, 0.5) is 0 Å². The van der Waals surface area contributed by atoms with Crippen LogP contribution >= 0.6 is 39.3 Å². The second-order valence-electron chi connectivity index (χ2n) is 7.58. The quantitative estimate of drug-likeness (QED) is 0.456. The van der Waals surface area contributed by atoms with E-state index in [0.29, 0.717) is 35.5 Å². The van der Waals surface area contributed by atoms with E-state index < -0.39 is 6.04 Å². The van der Waals surface area contributed by atoms with E-state index in [1.54, 1.807) is 11.8 Å². The predicted molar refractivity (Wildman–Crippen MR) is 130 cm³/mol. The van der Waals surface area contributed by atoms with Crippen molar-refractivity contribution >= 4 is 51.1 Å². The number of amides is 2. The van der Waals surface area contributed by atoms with Crippen LogP contribution in [0.3, 0.4) is 0 Å². The van der Waals surface area contributed by atoms with Gasteiger partial charge in [-0.1, -0.05) is 65.6 Å². The molecule has 1 N–H and O–H groups in total. The number of nitrogens with one attached hydrogen (secondary N) is 1. The fourth-order valence-corrected chi connectivity index (χ4v) is 4.00. The Labute approximate surface area is 196 Å². The van der Waals surface area contributed by atoms with E-state index in [-0.39, 0.29) is 11.8 Å². The fraction of sp³-hybridized carbons (Fsp3) is 0.391. The number of halogens is 2. The van der Waals surface area contributed by atoms with E-state index in [0.717, 1.165) is 15.6 Å². The standard InChI is InChI=1S/C23H28BrClN2O2S/c1-16(2)12-26-23(29)17(3)27(13-18-4-8-20(24)9-5-18)22(28)15-30-14-19-6-10-21(25)11-7-19/h4-11,16-17H,12-15H2,1-3H3,(H,26,29). The molecule has 1 unspecified atom stereocenters. The van der Waals surface area contributed by atoms with Crippen LogP contribution in [-0.2, 0) is 21.9 Å². The summed E-state index contributed by atoms with van der Waals surface area (Å²) in [6.45, 7) is 6.86. The molecule has 0 fully saturated rings. The average Bonchev–Trinajstić information content (AvgIpc) is 2.72. The molecular formula is C23H28BrClN2O2S. The first kappa shape index (κ1) is 24.8. The van der Waals surface area contributed by atoms with Crippen molar-refractivity contribution in [2.45, 2.75) is 39.1 Å². The Morgan fingerprint density at radius 3 is 2.23 bits per heavy atom. The van der Waals surface area contributed by atoms with Gasteiger partial charge in [0.05, 0.1) is 5.75 Å². The Morgan fingerprint density at radius 2 is 1.63 bits per heavy atom. The van der Waals surface area contributed by atoms with Crippen LogP contribution in [0.1, 0.15) is 31.9 Å². The van der Waals surface area contributed by atoms with E-state index in [2.05, 4.69) is 21.2 Å². The number of thioether (sulfide) groups is 1. The van der Waals surface area contributed by atoms with Gasteiger partial charge in [0, 0.05) is 28.3 Å². The van der Waals surface area contributed by atoms with Gasteiger partial charge in [-0.25, -0.2) is 0 Å². The molecule has 0 bridgehead atoms. The second-order valence-corrected chi connectivity index (χ2v) is 9.92. The topological polar surface area (TPSA) is 49.4 Å². The Bertz CT molecular complexity index is 828. The molecule has 2 aromatic rings. The maximum absolute atomic E-state index is 13.0. The molecule has 0 heterocycles. The summed E-state index contributed by atoms with van der Waals surface area (Å²) in [5, 5.41) is 3.64. The molecular weight excluding hydrogens is 484 g/mol. The highest BCUT2D eigenvalue weighted by Gasteiger charge is 2.26. The number of benzene rings is 2. The Kier molecular flexibility index (Phi) is 10.2. The van der Waals surface area contributed by atoms with Crippen molar-refractivity contribution < 1.29 is 9.59 Å². The normalized spacial score (nSPS) is 11.9. The first-order chi connectivity index (χ1) is 14.3. The lowest BCUT2D eigenvalue weighted by Gasteiger charge is -2.29. The van der Waals surface area contributed by atoms with Crippen molar-refractivity contribution in [1.82, 2.24) is 10.2 Å². The van der Waals surface area contributed by atoms with Crippen molar-refractivity contribution in [3.05, 3.63) is 69.2 Å². The van der Waals surface area contributed by atoms with E-state index in [1.165, 1.54) is 11.8 Å². The fourth-order valence-electron chi connectivity index (χ4n) is 2.74. The number of nitrogens with zero attached hydrogens (tertiary/aromatic N) is 1. The SMILES string of the molecule is CC(C)CNC(=O)C(C)N(Cc1ccc(Br)cc1)C(=O)CSCc1ccc(Cl)cc1. The summed E-state index contributed by atoms with van der Waals surface area (Å²) in [5.74, 6) is 1.19. The summed E-state index contributed by atoms with van der Waals surface area (Å²) < 4.78 is 0.977. The monoisotopic (exact) mass is 510 g/mol. The van der Waals surface area contributed by atoms with Crippen molar-refractivity contribution in [2.24, 2.45) is 5.92 Å². The summed E-state index contributed by atoms with van der Waals surface area (Å²) in [6.07, 6.45) is 0. The molecule has 162 valence electrons. The molecule has 4 nitrogen and oxygen atoms in total. The van der Waals surface area contributed by atoms with Gasteiger partial charge in [-0.15, -0.1) is 11.8 Å². The lowest BCUT2D eigenvalue weighted by Crippen LogP contribution is -2.48. The summed E-state index contributed by atoms with van der Waals surface area (Å²) in [7, 11) is 0. The zero-order valence-electron chi connectivity index (χ0n) is 17.5. The Balaban J connectivity index is 2.04. The molecule has 0 radical (unpaired) electrons. The Hall–Kier alpha value is -1.50. The number of hydrogen-bond acceptors (Lipinski definition) is 3. The largest absolute Gasteiger partial charge is 0.354 e. The number of carbonyl (C=O) groups is 2. The highest BCUT2D eigenvalue weighted by Crippen LogP contribution is 2.18. The van der Waals surface area contributed by atoms with Crippen molar-refractivity contribution in [3.8, 4) is 0 Å². The molecule has 2 rings (SSSR count). The third-order valence-electron chi connectivity index (χ3n) is 4.53. The van der Waals surface area contributed by atoms with Crippen LogP contribution in [-0.4, -0.2) is 35.1 Å². The summed E-state index contributed by atoms with van der Waals surface area (Å²) in [4.78, 5) is 27.3. The molecule has 0 aromatic heterocycles. The van der Waals surface area contributed by atoms with Crippen LogP contribution in [0.2, 0.25) is 5.02 Å². The van der Waals surface area contributed by atoms with Crippen molar-refractivity contribution in [2.75, 3.05) is 12.3 Å². The van der Waals surface area contributed by atoms with Gasteiger partial charge in [0.1, 0.15) is 6.04 Å². The number of hydrogen-bond donors (Lipinski definition) is 1. The average molecular weight is 512 g/mol. The predicted octanol–water partition coefficient (Wildman–Crippen LogP) is 5.53. The van der Waals surface area contributed by atoms with E-state index in [9.17, 15) is 9.59 Å². The van der Waals surface area contributed by atoms with Gasteiger partial charge < -0.3 is 10.2 Å². The summed E-state index contributed by atoms with van der Waals surface area (Å²) >= 11 is 10.9. The smallest absolute Gasteiger partial charge is 0.242 e. The number of rotatable bonds is 10. The highest BCUT2D eigenvalue weighted by molar-refractivity contribution is 9.10. The molecule has 0 spiro atoms. The van der Waals surface area contributed by atoms with Crippen molar-refractivity contribution in [3.63, 3.8) is 0 Å². The molecule has 7 heteroatoms. The lowest BCUT2D eigenvalue weighted by atomic mass is 10.1.